The number of aryl methyl sites for hydroxylation is 2. The summed E-state index contributed by atoms with van der Waals surface area (Å²) in [6.07, 6.45) is -0.767. The highest BCUT2D eigenvalue weighted by molar-refractivity contribution is 5.94. The SMILES string of the molecule is Cc1cc(OCc2ccccc2)c2c(c1)O[C@H](c1ccc(OCc3ccccc3)c(OCc3ccccc3)c1)/C(=N\O)C2.Cc1cc(OCc2ccccc2)c2c(c1)O[C@H](c1ccc(OCc3ccccc3)c(OCc3ccccc3)c1)C(=O)C2. The summed E-state index contributed by atoms with van der Waals surface area (Å²) in [4.78, 5) is 13.5. The molecule has 12 rings (SSSR count). The molecule has 0 fully saturated rings. The van der Waals surface area contributed by atoms with Crippen LogP contribution >= 0.6 is 0 Å². The standard InChI is InChI=1S/C37H33NO5.C37H32O5/c1-26-19-34(41-24-28-13-7-3-8-14-28)31-22-32(38-39)37(43-35(31)20-26)30-17-18-33(40-23-27-11-5-2-6-12-27)36(21-30)42-25-29-15-9-4-10-16-29;1-26-19-34(40-24-28-13-7-3-8-14-28)31-22-32(38)37(42-35(31)20-26)30-17-18-33(39-23-27-11-5-2-6-12-27)36(21-30)41-25-29-15-9-4-10-16-29/h2-21,37,39H,22-25H2,1H3;2-21,37H,22-25H2,1H3/b38-32-;/t2*37-/m11/s1. The van der Waals surface area contributed by atoms with Crippen molar-refractivity contribution in [3.05, 3.63) is 309 Å². The lowest BCUT2D eigenvalue weighted by Gasteiger charge is -2.29. The van der Waals surface area contributed by atoms with Crippen molar-refractivity contribution in [3.8, 4) is 46.0 Å². The fourth-order valence-electron chi connectivity index (χ4n) is 10.1. The van der Waals surface area contributed by atoms with E-state index in [4.69, 9.17) is 37.9 Å². The van der Waals surface area contributed by atoms with Crippen LogP contribution in [0.2, 0.25) is 0 Å². The Hall–Kier alpha value is -10.3. The molecule has 2 atom stereocenters. The van der Waals surface area contributed by atoms with E-state index >= 15 is 0 Å². The molecule has 0 aromatic heterocycles. The minimum absolute atomic E-state index is 0.0390. The average Bonchev–Trinajstić information content (AvgIpc) is 2.70. The van der Waals surface area contributed by atoms with Crippen LogP contribution in [0.3, 0.4) is 0 Å². The van der Waals surface area contributed by atoms with Crippen molar-refractivity contribution in [3.63, 3.8) is 0 Å². The molecule has 0 aliphatic carbocycles. The van der Waals surface area contributed by atoms with Crippen molar-refractivity contribution in [2.45, 2.75) is 78.5 Å². The van der Waals surface area contributed by atoms with Gasteiger partial charge < -0.3 is 43.1 Å². The Morgan fingerprint density at radius 2 is 0.671 bits per heavy atom. The second-order valence-corrected chi connectivity index (χ2v) is 20.9. The highest BCUT2D eigenvalue weighted by atomic mass is 16.5. The highest BCUT2D eigenvalue weighted by Gasteiger charge is 2.34. The monoisotopic (exact) mass is 1130 g/mol. The van der Waals surface area contributed by atoms with Gasteiger partial charge in [-0.3, -0.25) is 4.79 Å². The number of Topliss-reactive ketones (excluding diaryl/α,β-unsaturated/α-hetero) is 1. The van der Waals surface area contributed by atoms with Gasteiger partial charge in [0.05, 0.1) is 0 Å². The summed E-state index contributed by atoms with van der Waals surface area (Å²) in [5, 5.41) is 13.8. The maximum absolute atomic E-state index is 13.5. The zero-order valence-electron chi connectivity index (χ0n) is 47.5. The molecule has 11 heteroatoms. The Kier molecular flexibility index (Phi) is 18.4. The summed E-state index contributed by atoms with van der Waals surface area (Å²) in [5.41, 5.74) is 12.0. The first-order valence-corrected chi connectivity index (χ1v) is 28.4. The molecule has 2 aliphatic rings. The minimum atomic E-state index is -0.761. The Morgan fingerprint density at radius 1 is 0.365 bits per heavy atom. The van der Waals surface area contributed by atoms with Gasteiger partial charge in [0, 0.05) is 35.1 Å². The van der Waals surface area contributed by atoms with Gasteiger partial charge in [0.25, 0.3) is 0 Å². The van der Waals surface area contributed by atoms with Gasteiger partial charge in [0.15, 0.2) is 41.0 Å². The molecule has 0 saturated carbocycles. The lowest BCUT2D eigenvalue weighted by Crippen LogP contribution is -2.27. The third-order valence-electron chi connectivity index (χ3n) is 14.5. The molecular formula is C74H65NO10. The topological polar surface area (TPSA) is 124 Å². The molecule has 10 aromatic rings. The summed E-state index contributed by atoms with van der Waals surface area (Å²) < 4.78 is 50.2. The van der Waals surface area contributed by atoms with E-state index in [0.717, 1.165) is 66.9 Å². The Morgan fingerprint density at radius 3 is 1.02 bits per heavy atom. The molecule has 1 N–H and O–H groups in total. The predicted octanol–water partition coefficient (Wildman–Crippen LogP) is 16.2. The molecule has 0 saturated heterocycles. The van der Waals surface area contributed by atoms with Crippen molar-refractivity contribution >= 4 is 11.5 Å². The van der Waals surface area contributed by atoms with Crippen molar-refractivity contribution < 1.29 is 47.9 Å². The third-order valence-corrected chi connectivity index (χ3v) is 14.5. The van der Waals surface area contributed by atoms with Gasteiger partial charge in [0.1, 0.15) is 68.4 Å². The van der Waals surface area contributed by atoms with Gasteiger partial charge in [-0.1, -0.05) is 199 Å². The van der Waals surface area contributed by atoms with Crippen LogP contribution in [0.25, 0.3) is 0 Å². The molecule has 0 radical (unpaired) electrons. The molecular weight excluding hydrogens is 1060 g/mol. The third kappa shape index (κ3) is 14.9. The number of ether oxygens (including phenoxy) is 8. The highest BCUT2D eigenvalue weighted by Crippen LogP contribution is 2.44. The van der Waals surface area contributed by atoms with Gasteiger partial charge >= 0.3 is 0 Å². The lowest BCUT2D eigenvalue weighted by molar-refractivity contribution is -0.126. The van der Waals surface area contributed by atoms with Gasteiger partial charge in [-0.25, -0.2) is 0 Å². The molecule has 0 amide bonds. The number of hydrogen-bond acceptors (Lipinski definition) is 11. The van der Waals surface area contributed by atoms with E-state index in [1.54, 1.807) is 0 Å². The number of carbonyl (C=O) groups is 1. The number of carbonyl (C=O) groups excluding carboxylic acids is 1. The van der Waals surface area contributed by atoms with Gasteiger partial charge in [0.2, 0.25) is 0 Å². The van der Waals surface area contributed by atoms with Crippen LogP contribution in [-0.4, -0.2) is 16.7 Å². The first kappa shape index (κ1) is 56.6. The molecule has 2 heterocycles. The number of benzene rings is 10. The molecule has 426 valence electrons. The largest absolute Gasteiger partial charge is 0.488 e. The molecule has 2 aliphatic heterocycles. The number of oxime groups is 1. The van der Waals surface area contributed by atoms with Gasteiger partial charge in [-0.15, -0.1) is 0 Å². The zero-order chi connectivity index (χ0) is 58.2. The van der Waals surface area contributed by atoms with E-state index in [2.05, 4.69) is 5.16 Å². The number of ketones is 1. The second-order valence-electron chi connectivity index (χ2n) is 20.9. The zero-order valence-corrected chi connectivity index (χ0v) is 47.5. The molecule has 0 unspecified atom stereocenters. The smallest absolute Gasteiger partial charge is 0.182 e. The second kappa shape index (κ2) is 27.7. The van der Waals surface area contributed by atoms with Crippen LogP contribution < -0.4 is 37.9 Å². The van der Waals surface area contributed by atoms with Gasteiger partial charge in [-0.05, 0) is 107 Å². The molecule has 11 nitrogen and oxygen atoms in total. The van der Waals surface area contributed by atoms with Crippen LogP contribution in [0.1, 0.15) is 79.0 Å². The number of rotatable bonds is 20. The van der Waals surface area contributed by atoms with Crippen molar-refractivity contribution in [1.82, 2.24) is 0 Å². The van der Waals surface area contributed by atoms with E-state index in [1.165, 1.54) is 0 Å². The Bertz CT molecular complexity index is 3840. The minimum Gasteiger partial charge on any atom is -0.488 e. The maximum Gasteiger partial charge on any atom is 0.182 e. The van der Waals surface area contributed by atoms with E-state index in [0.29, 0.717) is 97.6 Å². The summed E-state index contributed by atoms with van der Waals surface area (Å²) >= 11 is 0. The summed E-state index contributed by atoms with van der Waals surface area (Å²) in [6, 6.07) is 79.2. The normalized spacial score (nSPS) is 14.5. The fraction of sp³-hybridized carbons (Fsp3) is 0.162. The molecule has 10 aromatic carbocycles. The Labute approximate surface area is 496 Å². The number of fused-ring (bicyclic) bond motifs is 2. The van der Waals surface area contributed by atoms with E-state index in [1.807, 2.05) is 257 Å². The summed E-state index contributed by atoms with van der Waals surface area (Å²) in [6.45, 7) is 6.41. The lowest BCUT2D eigenvalue weighted by atomic mass is 9.93. The fourth-order valence-corrected chi connectivity index (χ4v) is 10.1. The number of hydrogen-bond donors (Lipinski definition) is 1. The summed E-state index contributed by atoms with van der Waals surface area (Å²) in [7, 11) is 0. The van der Waals surface area contributed by atoms with Crippen LogP contribution in [0.4, 0.5) is 0 Å². The van der Waals surface area contributed by atoms with Crippen LogP contribution in [0.5, 0.6) is 46.0 Å². The number of nitrogens with zero attached hydrogens (tertiary/aromatic N) is 1. The first-order chi connectivity index (χ1) is 41.8. The van der Waals surface area contributed by atoms with E-state index in [-0.39, 0.29) is 12.2 Å². The van der Waals surface area contributed by atoms with Crippen LogP contribution in [-0.2, 0) is 57.3 Å². The average molecular weight is 1130 g/mol. The van der Waals surface area contributed by atoms with Crippen molar-refractivity contribution in [1.29, 1.82) is 0 Å². The quantitative estimate of drug-likeness (QED) is 0.0583. The Balaban J connectivity index is 0.000000177. The summed E-state index contributed by atoms with van der Waals surface area (Å²) in [5.74, 6) is 5.10. The molecule has 85 heavy (non-hydrogen) atoms. The van der Waals surface area contributed by atoms with E-state index < -0.39 is 12.2 Å². The predicted molar refractivity (Wildman–Crippen MR) is 328 cm³/mol. The van der Waals surface area contributed by atoms with Crippen molar-refractivity contribution in [2.24, 2.45) is 5.16 Å². The molecule has 0 bridgehead atoms. The maximum atomic E-state index is 13.5. The first-order valence-electron chi connectivity index (χ1n) is 28.4. The van der Waals surface area contributed by atoms with Crippen molar-refractivity contribution in [2.75, 3.05) is 0 Å². The van der Waals surface area contributed by atoms with Crippen LogP contribution in [0, 0.1) is 13.8 Å². The molecule has 0 spiro atoms. The van der Waals surface area contributed by atoms with E-state index in [9.17, 15) is 10.0 Å². The van der Waals surface area contributed by atoms with Crippen LogP contribution in [0.15, 0.2) is 248 Å². The van der Waals surface area contributed by atoms with Gasteiger partial charge in [-0.2, -0.15) is 0 Å².